The van der Waals surface area contributed by atoms with Crippen molar-refractivity contribution in [1.29, 1.82) is 0 Å². The van der Waals surface area contributed by atoms with Crippen LogP contribution in [0, 0.1) is 23.7 Å². The Kier molecular flexibility index (Phi) is 5.71. The summed E-state index contributed by atoms with van der Waals surface area (Å²) in [5.74, 6) is 11.1. The van der Waals surface area contributed by atoms with Crippen LogP contribution in [0.3, 0.4) is 0 Å². The molecule has 0 aliphatic heterocycles. The maximum Gasteiger partial charge on any atom is -0.00316 e. The molecule has 0 aromatic heterocycles. The van der Waals surface area contributed by atoms with Crippen LogP contribution in [-0.2, 0) is 25.7 Å². The molecule has 0 spiro atoms. The van der Waals surface area contributed by atoms with E-state index in [1.54, 1.807) is 24.3 Å². The predicted molar refractivity (Wildman–Crippen MR) is 102 cm³/mol. The first-order chi connectivity index (χ1) is 11.9. The van der Waals surface area contributed by atoms with Crippen molar-refractivity contribution in [3.63, 3.8) is 0 Å². The Balaban J connectivity index is 0.000000179. The average molecular weight is 308 g/mol. The molecule has 0 unspecified atom stereocenters. The van der Waals surface area contributed by atoms with Crippen LogP contribution < -0.4 is 0 Å². The molecule has 2 aromatic rings. The zero-order valence-electron chi connectivity index (χ0n) is 13.8. The van der Waals surface area contributed by atoms with Crippen LogP contribution in [0.4, 0.5) is 0 Å². The number of rotatable bonds is 0. The highest BCUT2D eigenvalue weighted by Crippen LogP contribution is 2.21. The third-order valence-corrected chi connectivity index (χ3v) is 4.23. The van der Waals surface area contributed by atoms with Gasteiger partial charge in [0.25, 0.3) is 0 Å². The van der Waals surface area contributed by atoms with Crippen LogP contribution in [0.25, 0.3) is 0 Å². The lowest BCUT2D eigenvalue weighted by molar-refractivity contribution is 0.839. The smallest absolute Gasteiger partial charge is 0.00316 e. The molecule has 2 aromatic carbocycles. The van der Waals surface area contributed by atoms with Crippen LogP contribution in [0.15, 0.2) is 72.8 Å². The van der Waals surface area contributed by atoms with Gasteiger partial charge in [0.05, 0.1) is 0 Å². The number of allylic oxidation sites excluding steroid dienone is 4. The van der Waals surface area contributed by atoms with E-state index in [0.717, 1.165) is 0 Å². The Labute approximate surface area is 144 Å². The van der Waals surface area contributed by atoms with Crippen LogP contribution in [0.5, 0.6) is 0 Å². The zero-order chi connectivity index (χ0) is 16.5. The second-order valence-corrected chi connectivity index (χ2v) is 5.78. The van der Waals surface area contributed by atoms with Gasteiger partial charge in [-0.2, -0.15) is 0 Å². The fraction of sp³-hybridized carbons (Fsp3) is 0.167. The van der Waals surface area contributed by atoms with Gasteiger partial charge in [-0.3, -0.25) is 0 Å². The standard InChI is InChI=1S/C16H16.C8H4/c1-2-6-14-11-12-16-8-4-3-7-15(16)10-9-13(14)5-1;1-2-4-6-8-7-5-3-1/h1-8H,9-12H2;1-2,7-8H. The third-order valence-electron chi connectivity index (χ3n) is 4.23. The summed E-state index contributed by atoms with van der Waals surface area (Å²) >= 11 is 0. The average Bonchev–Trinajstić information content (AvgIpc) is 2.57. The summed E-state index contributed by atoms with van der Waals surface area (Å²) < 4.78 is 0. The molecule has 2 aliphatic rings. The largest absolute Gasteiger partial charge is 0.0696 e. The lowest BCUT2D eigenvalue weighted by Crippen LogP contribution is -2.06. The highest BCUT2D eigenvalue weighted by atomic mass is 14.1. The van der Waals surface area contributed by atoms with Crippen LogP contribution in [0.2, 0.25) is 0 Å². The summed E-state index contributed by atoms with van der Waals surface area (Å²) in [4.78, 5) is 0. The molecule has 116 valence electrons. The predicted octanol–water partition coefficient (Wildman–Crippen LogP) is 4.69. The third kappa shape index (κ3) is 4.52. The second-order valence-electron chi connectivity index (χ2n) is 5.78. The Morgan fingerprint density at radius 3 is 0.917 bits per heavy atom. The number of fused-ring (bicyclic) bond motifs is 2. The Morgan fingerprint density at radius 1 is 0.417 bits per heavy atom. The summed E-state index contributed by atoms with van der Waals surface area (Å²) in [5, 5.41) is 0. The molecular formula is C24H20. The fourth-order valence-corrected chi connectivity index (χ4v) is 2.99. The van der Waals surface area contributed by atoms with Crippen molar-refractivity contribution in [1.82, 2.24) is 0 Å². The van der Waals surface area contributed by atoms with Crippen LogP contribution in [-0.4, -0.2) is 0 Å². The Morgan fingerprint density at radius 2 is 0.667 bits per heavy atom. The lowest BCUT2D eigenvalue weighted by atomic mass is 9.89. The SMILES string of the molecule is C1#CC=CC#CC=C1.c1ccc2c(c1)CCc1ccccc1CC2. The Bertz CT molecular complexity index is 732. The van der Waals surface area contributed by atoms with E-state index in [4.69, 9.17) is 0 Å². The highest BCUT2D eigenvalue weighted by molar-refractivity contribution is 5.36. The molecule has 24 heavy (non-hydrogen) atoms. The quantitative estimate of drug-likeness (QED) is 0.619. The topological polar surface area (TPSA) is 0 Å². The van der Waals surface area contributed by atoms with Gasteiger partial charge >= 0.3 is 0 Å². The maximum absolute atomic E-state index is 2.77. The molecule has 0 heteroatoms. The van der Waals surface area contributed by atoms with Crippen LogP contribution in [0.1, 0.15) is 22.3 Å². The number of hydrogen-bond donors (Lipinski definition) is 0. The molecule has 2 aliphatic carbocycles. The van der Waals surface area contributed by atoms with Crippen molar-refractivity contribution >= 4 is 0 Å². The minimum Gasteiger partial charge on any atom is -0.0696 e. The highest BCUT2D eigenvalue weighted by Gasteiger charge is 2.09. The molecule has 0 nitrogen and oxygen atoms in total. The van der Waals surface area contributed by atoms with Crippen molar-refractivity contribution in [2.75, 3.05) is 0 Å². The summed E-state index contributed by atoms with van der Waals surface area (Å²) in [6.07, 6.45) is 11.7. The summed E-state index contributed by atoms with van der Waals surface area (Å²) in [7, 11) is 0. The first-order valence-electron chi connectivity index (χ1n) is 8.39. The molecule has 0 N–H and O–H groups in total. The zero-order valence-corrected chi connectivity index (χ0v) is 13.8. The molecule has 0 radical (unpaired) electrons. The van der Waals surface area contributed by atoms with Crippen molar-refractivity contribution in [2.24, 2.45) is 0 Å². The first kappa shape index (κ1) is 15.9. The van der Waals surface area contributed by atoms with Crippen molar-refractivity contribution in [3.05, 3.63) is 95.1 Å². The molecule has 0 saturated heterocycles. The molecule has 0 heterocycles. The van der Waals surface area contributed by atoms with Gasteiger partial charge < -0.3 is 0 Å². The van der Waals surface area contributed by atoms with Gasteiger partial charge in [-0.25, -0.2) is 0 Å². The van der Waals surface area contributed by atoms with Gasteiger partial charge in [0.15, 0.2) is 0 Å². The van der Waals surface area contributed by atoms with E-state index >= 15 is 0 Å². The molecule has 0 fully saturated rings. The lowest BCUT2D eigenvalue weighted by Gasteiger charge is -2.16. The van der Waals surface area contributed by atoms with E-state index in [9.17, 15) is 0 Å². The molecule has 4 rings (SSSR count). The normalized spacial score (nSPS) is 13.7. The van der Waals surface area contributed by atoms with Gasteiger partial charge in [-0.05, 0) is 72.2 Å². The number of benzene rings is 2. The number of hydrogen-bond acceptors (Lipinski definition) is 0. The molecular weight excluding hydrogens is 288 g/mol. The molecule has 0 saturated carbocycles. The summed E-state index contributed by atoms with van der Waals surface area (Å²) in [6.45, 7) is 0. The van der Waals surface area contributed by atoms with E-state index in [2.05, 4.69) is 72.2 Å². The Hall–Kier alpha value is -2.96. The van der Waals surface area contributed by atoms with E-state index in [0.29, 0.717) is 0 Å². The van der Waals surface area contributed by atoms with Gasteiger partial charge in [-0.1, -0.05) is 72.2 Å². The van der Waals surface area contributed by atoms with Crippen LogP contribution >= 0.6 is 0 Å². The van der Waals surface area contributed by atoms with E-state index < -0.39 is 0 Å². The number of aryl methyl sites for hydroxylation is 4. The summed E-state index contributed by atoms with van der Waals surface area (Å²) in [5.41, 5.74) is 6.16. The minimum atomic E-state index is 1.19. The van der Waals surface area contributed by atoms with Crippen molar-refractivity contribution in [2.45, 2.75) is 25.7 Å². The summed E-state index contributed by atoms with van der Waals surface area (Å²) in [6, 6.07) is 17.8. The second kappa shape index (κ2) is 8.61. The van der Waals surface area contributed by atoms with Gasteiger partial charge in [0, 0.05) is 0 Å². The molecule has 0 amide bonds. The maximum atomic E-state index is 2.77. The molecule has 0 atom stereocenters. The van der Waals surface area contributed by atoms with E-state index in [-0.39, 0.29) is 0 Å². The fourth-order valence-electron chi connectivity index (χ4n) is 2.99. The van der Waals surface area contributed by atoms with Crippen molar-refractivity contribution in [3.8, 4) is 23.7 Å². The van der Waals surface area contributed by atoms with Gasteiger partial charge in [0.1, 0.15) is 0 Å². The van der Waals surface area contributed by atoms with E-state index in [1.807, 2.05) is 0 Å². The monoisotopic (exact) mass is 308 g/mol. The minimum absolute atomic E-state index is 1.19. The van der Waals surface area contributed by atoms with E-state index in [1.165, 1.54) is 47.9 Å². The van der Waals surface area contributed by atoms with Gasteiger partial charge in [0.2, 0.25) is 0 Å². The first-order valence-corrected chi connectivity index (χ1v) is 8.39. The molecule has 0 bridgehead atoms. The van der Waals surface area contributed by atoms with Gasteiger partial charge in [-0.15, -0.1) is 0 Å². The van der Waals surface area contributed by atoms with Crippen molar-refractivity contribution < 1.29 is 0 Å².